The van der Waals surface area contributed by atoms with Crippen LogP contribution in [0.3, 0.4) is 0 Å². The van der Waals surface area contributed by atoms with Crippen LogP contribution in [0.2, 0.25) is 0 Å². The number of aliphatic hydroxyl groups excluding tert-OH is 6. The lowest BCUT2D eigenvalue weighted by Crippen LogP contribution is -2.50. The quantitative estimate of drug-likeness (QED) is 0.177. The van der Waals surface area contributed by atoms with Gasteiger partial charge in [0.2, 0.25) is 6.29 Å². The summed E-state index contributed by atoms with van der Waals surface area (Å²) in [6.45, 7) is -0.944. The van der Waals surface area contributed by atoms with Gasteiger partial charge in [0.15, 0.2) is 0 Å². The van der Waals surface area contributed by atoms with Crippen LogP contribution in [0, 0.1) is 0 Å². The molecule has 104 valence electrons. The van der Waals surface area contributed by atoms with Gasteiger partial charge < -0.3 is 30.6 Å². The fourth-order valence-electron chi connectivity index (χ4n) is 0.888. The Kier molecular flexibility index (Phi) is 6.39. The molecule has 0 heterocycles. The van der Waals surface area contributed by atoms with Crippen LogP contribution in [0.4, 0.5) is 0 Å². The number of hydrogen-bond acceptors (Lipinski definition) is 9. The summed E-state index contributed by atoms with van der Waals surface area (Å²) in [7, 11) is -5.07. The summed E-state index contributed by atoms with van der Waals surface area (Å²) < 4.78 is 32.0. The fourth-order valence-corrected chi connectivity index (χ4v) is 1.25. The minimum absolute atomic E-state index is 0.944. The molecule has 0 aromatic carbocycles. The molecule has 0 amide bonds. The molecule has 0 rings (SSSR count). The van der Waals surface area contributed by atoms with Crippen LogP contribution in [-0.2, 0) is 14.6 Å². The maximum atomic E-state index is 10.2. The normalized spacial score (nSPS) is 21.6. The molecule has 7 N–H and O–H groups in total. The zero-order valence-corrected chi connectivity index (χ0v) is 9.17. The molecule has 0 spiro atoms. The first kappa shape index (κ1) is 16.6. The highest BCUT2D eigenvalue weighted by Gasteiger charge is 2.36. The molecule has 0 aliphatic rings. The van der Waals surface area contributed by atoms with Crippen LogP contribution < -0.4 is 0 Å². The third kappa shape index (κ3) is 5.67. The molecule has 0 saturated carbocycles. The molecule has 11 heteroatoms. The zero-order chi connectivity index (χ0) is 13.8. The summed E-state index contributed by atoms with van der Waals surface area (Å²) in [4.78, 5) is 0. The smallest absolute Gasteiger partial charge is 0.394 e. The number of rotatable bonds is 7. The summed E-state index contributed by atoms with van der Waals surface area (Å²) in [6, 6.07) is 0. The van der Waals surface area contributed by atoms with Gasteiger partial charge in [-0.2, -0.15) is 8.42 Å². The molecule has 0 radical (unpaired) electrons. The molecule has 0 aliphatic carbocycles. The summed E-state index contributed by atoms with van der Waals surface area (Å²) >= 11 is 0. The summed E-state index contributed by atoms with van der Waals surface area (Å²) in [6.07, 6.45) is -11.0. The van der Waals surface area contributed by atoms with E-state index in [2.05, 4.69) is 4.18 Å². The summed E-state index contributed by atoms with van der Waals surface area (Å²) in [5, 5.41) is 53.6. The highest BCUT2D eigenvalue weighted by molar-refractivity contribution is 7.80. The Labute approximate surface area is 96.3 Å². The van der Waals surface area contributed by atoms with E-state index in [4.69, 9.17) is 35.2 Å². The Balaban J connectivity index is 4.53. The van der Waals surface area contributed by atoms with Crippen molar-refractivity contribution in [3.63, 3.8) is 0 Å². The first-order chi connectivity index (χ1) is 7.60. The van der Waals surface area contributed by atoms with E-state index >= 15 is 0 Å². The Bertz CT molecular complexity index is 315. The van der Waals surface area contributed by atoms with Crippen molar-refractivity contribution >= 4 is 10.4 Å². The minimum atomic E-state index is -5.07. The predicted octanol–water partition coefficient (Wildman–Crippen LogP) is -4.44. The molecule has 0 saturated heterocycles. The Morgan fingerprint density at radius 3 is 1.76 bits per heavy atom. The van der Waals surface area contributed by atoms with Crippen molar-refractivity contribution in [2.24, 2.45) is 0 Å². The third-order valence-electron chi connectivity index (χ3n) is 1.79. The van der Waals surface area contributed by atoms with Crippen LogP contribution in [0.15, 0.2) is 0 Å². The third-order valence-corrected chi connectivity index (χ3v) is 2.23. The summed E-state index contributed by atoms with van der Waals surface area (Å²) in [5.74, 6) is 0. The highest BCUT2D eigenvalue weighted by Crippen LogP contribution is 2.10. The van der Waals surface area contributed by atoms with Crippen LogP contribution in [-0.4, -0.2) is 80.9 Å². The van der Waals surface area contributed by atoms with E-state index in [0.717, 1.165) is 0 Å². The van der Waals surface area contributed by atoms with Gasteiger partial charge in [0, 0.05) is 0 Å². The van der Waals surface area contributed by atoms with Crippen molar-refractivity contribution < 1.29 is 47.8 Å². The van der Waals surface area contributed by atoms with Gasteiger partial charge in [-0.15, -0.1) is 0 Å². The molecule has 10 nitrogen and oxygen atoms in total. The topological polar surface area (TPSA) is 185 Å². The second kappa shape index (κ2) is 6.53. The molecule has 0 aromatic heterocycles. The first-order valence-corrected chi connectivity index (χ1v) is 5.63. The van der Waals surface area contributed by atoms with Crippen LogP contribution >= 0.6 is 0 Å². The van der Waals surface area contributed by atoms with E-state index in [-0.39, 0.29) is 0 Å². The van der Waals surface area contributed by atoms with Gasteiger partial charge in [0.25, 0.3) is 0 Å². The standard InChI is InChI=1S/C6H14O10S/c7-1-2(8)3(9)4(10)5(11)6(12)16-17(13,14)15/h2-12H,1H2,(H,13,14,15)/t2-,3-,4+,5+,6?/m1/s1. The first-order valence-electron chi connectivity index (χ1n) is 4.27. The predicted molar refractivity (Wildman–Crippen MR) is 49.8 cm³/mol. The highest BCUT2D eigenvalue weighted by atomic mass is 32.3. The average Bonchev–Trinajstić information content (AvgIpc) is 2.22. The van der Waals surface area contributed by atoms with Gasteiger partial charge in [0.05, 0.1) is 6.61 Å². The molecule has 17 heavy (non-hydrogen) atoms. The van der Waals surface area contributed by atoms with Crippen molar-refractivity contribution in [3.05, 3.63) is 0 Å². The lowest BCUT2D eigenvalue weighted by atomic mass is 10.0. The second-order valence-corrected chi connectivity index (χ2v) is 4.18. The van der Waals surface area contributed by atoms with Gasteiger partial charge in [-0.1, -0.05) is 0 Å². The monoisotopic (exact) mass is 278 g/mol. The zero-order valence-electron chi connectivity index (χ0n) is 8.36. The average molecular weight is 278 g/mol. The maximum absolute atomic E-state index is 10.2. The van der Waals surface area contributed by atoms with Gasteiger partial charge in [0.1, 0.15) is 24.4 Å². The van der Waals surface area contributed by atoms with Gasteiger partial charge in [-0.3, -0.25) is 4.55 Å². The molecular formula is C6H14O10S. The second-order valence-electron chi connectivity index (χ2n) is 3.14. The van der Waals surface area contributed by atoms with E-state index in [9.17, 15) is 8.42 Å². The molecule has 0 bridgehead atoms. The number of hydrogen-bond donors (Lipinski definition) is 7. The van der Waals surface area contributed by atoms with Crippen molar-refractivity contribution in [3.8, 4) is 0 Å². The fraction of sp³-hybridized carbons (Fsp3) is 1.00. The van der Waals surface area contributed by atoms with E-state index < -0.39 is 47.7 Å². The molecule has 5 atom stereocenters. The molecule has 0 aliphatic heterocycles. The van der Waals surface area contributed by atoms with Crippen molar-refractivity contribution in [2.75, 3.05) is 6.61 Å². The SMILES string of the molecule is O=S(=O)(O)OC(O)[C@@H](O)[C@@H](O)[C@H](O)[C@H](O)CO. The maximum Gasteiger partial charge on any atom is 0.399 e. The van der Waals surface area contributed by atoms with Crippen molar-refractivity contribution in [2.45, 2.75) is 30.7 Å². The largest absolute Gasteiger partial charge is 0.399 e. The van der Waals surface area contributed by atoms with Gasteiger partial charge in [-0.05, 0) is 0 Å². The molecule has 1 unspecified atom stereocenters. The van der Waals surface area contributed by atoms with E-state index in [1.165, 1.54) is 0 Å². The van der Waals surface area contributed by atoms with Gasteiger partial charge in [-0.25, -0.2) is 4.18 Å². The minimum Gasteiger partial charge on any atom is -0.394 e. The Morgan fingerprint density at radius 1 is 0.941 bits per heavy atom. The summed E-state index contributed by atoms with van der Waals surface area (Å²) in [5.41, 5.74) is 0. The Hall–Kier alpha value is -0.370. The molecular weight excluding hydrogens is 264 g/mol. The van der Waals surface area contributed by atoms with Crippen molar-refractivity contribution in [1.82, 2.24) is 0 Å². The van der Waals surface area contributed by atoms with Crippen LogP contribution in [0.5, 0.6) is 0 Å². The van der Waals surface area contributed by atoms with Crippen molar-refractivity contribution in [1.29, 1.82) is 0 Å². The van der Waals surface area contributed by atoms with E-state index in [1.807, 2.05) is 0 Å². The van der Waals surface area contributed by atoms with E-state index in [0.29, 0.717) is 0 Å². The van der Waals surface area contributed by atoms with E-state index in [1.54, 1.807) is 0 Å². The Morgan fingerprint density at radius 2 is 1.41 bits per heavy atom. The van der Waals surface area contributed by atoms with Crippen LogP contribution in [0.1, 0.15) is 0 Å². The molecule has 0 fully saturated rings. The van der Waals surface area contributed by atoms with Crippen LogP contribution in [0.25, 0.3) is 0 Å². The molecule has 0 aromatic rings. The number of aliphatic hydroxyl groups is 6. The lowest BCUT2D eigenvalue weighted by Gasteiger charge is -2.27. The lowest BCUT2D eigenvalue weighted by molar-refractivity contribution is -0.181. The van der Waals surface area contributed by atoms with Gasteiger partial charge >= 0.3 is 10.4 Å².